The Morgan fingerprint density at radius 1 is 1.22 bits per heavy atom. The van der Waals surface area contributed by atoms with E-state index in [9.17, 15) is 18.3 Å². The maximum atomic E-state index is 12.8. The molecule has 2 aromatic rings. The molecule has 1 aromatic carbocycles. The Morgan fingerprint density at radius 2 is 1.89 bits per heavy atom. The van der Waals surface area contributed by atoms with E-state index in [0.717, 1.165) is 16.9 Å². The summed E-state index contributed by atoms with van der Waals surface area (Å²) in [7, 11) is -3.95. The second-order valence-corrected chi connectivity index (χ2v) is 10.7. The number of carbonyl (C=O) groups is 1. The lowest BCUT2D eigenvalue weighted by atomic mass is 9.98. The second kappa shape index (κ2) is 6.79. The molecular formula is C20H21NO4S2. The van der Waals surface area contributed by atoms with Gasteiger partial charge in [0.15, 0.2) is 0 Å². The molecule has 27 heavy (non-hydrogen) atoms. The van der Waals surface area contributed by atoms with Crippen molar-refractivity contribution in [1.82, 2.24) is 4.72 Å². The molecule has 0 unspecified atom stereocenters. The Labute approximate surface area is 163 Å². The van der Waals surface area contributed by atoms with Crippen LogP contribution < -0.4 is 4.72 Å². The van der Waals surface area contributed by atoms with Crippen molar-refractivity contribution in [3.8, 4) is 11.8 Å². The molecule has 1 fully saturated rings. The number of carboxylic acids is 1. The predicted octanol–water partition coefficient (Wildman–Crippen LogP) is 3.43. The second-order valence-electron chi connectivity index (χ2n) is 7.67. The number of nitrogens with one attached hydrogen (secondary N) is 1. The van der Waals surface area contributed by atoms with Crippen molar-refractivity contribution >= 4 is 27.3 Å². The number of carboxylic acid groups (broad SMARTS) is 1. The van der Waals surface area contributed by atoms with Gasteiger partial charge in [0.1, 0.15) is 9.75 Å². The molecule has 0 spiro atoms. The summed E-state index contributed by atoms with van der Waals surface area (Å²) in [6.45, 7) is 5.92. The van der Waals surface area contributed by atoms with Gasteiger partial charge in [0, 0.05) is 11.3 Å². The van der Waals surface area contributed by atoms with Crippen LogP contribution in [0.1, 0.15) is 43.6 Å². The maximum Gasteiger partial charge on any atom is 0.325 e. The fourth-order valence-electron chi connectivity index (χ4n) is 2.81. The highest BCUT2D eigenvalue weighted by atomic mass is 32.2. The van der Waals surface area contributed by atoms with Gasteiger partial charge in [-0.05, 0) is 44.9 Å². The number of rotatable bonds is 5. The van der Waals surface area contributed by atoms with Crippen LogP contribution in [0.4, 0.5) is 0 Å². The maximum absolute atomic E-state index is 12.8. The van der Waals surface area contributed by atoms with Crippen molar-refractivity contribution < 1.29 is 18.3 Å². The van der Waals surface area contributed by atoms with Crippen LogP contribution in [0.15, 0.2) is 46.7 Å². The van der Waals surface area contributed by atoms with E-state index in [-0.39, 0.29) is 22.0 Å². The third kappa shape index (κ3) is 4.24. The molecule has 0 radical (unpaired) electrons. The Morgan fingerprint density at radius 3 is 2.48 bits per heavy atom. The van der Waals surface area contributed by atoms with Crippen LogP contribution in [0.5, 0.6) is 0 Å². The highest BCUT2D eigenvalue weighted by molar-refractivity contribution is 7.91. The summed E-state index contributed by atoms with van der Waals surface area (Å²) < 4.78 is 28.0. The first kappa shape index (κ1) is 19.6. The molecule has 7 heteroatoms. The average molecular weight is 404 g/mol. The minimum Gasteiger partial charge on any atom is -0.480 e. The van der Waals surface area contributed by atoms with E-state index in [1.165, 1.54) is 6.07 Å². The first-order valence-electron chi connectivity index (χ1n) is 8.49. The molecule has 0 bridgehead atoms. The molecule has 142 valence electrons. The van der Waals surface area contributed by atoms with E-state index in [1.54, 1.807) is 6.07 Å². The van der Waals surface area contributed by atoms with Gasteiger partial charge in [0.25, 0.3) is 10.0 Å². The molecule has 3 rings (SSSR count). The number of hydrogen-bond donors (Lipinski definition) is 2. The Kier molecular flexibility index (Phi) is 4.93. The summed E-state index contributed by atoms with van der Waals surface area (Å²) in [5, 5.41) is 9.68. The molecule has 1 aliphatic carbocycles. The van der Waals surface area contributed by atoms with E-state index < -0.39 is 21.5 Å². The van der Waals surface area contributed by atoms with Crippen LogP contribution in [-0.4, -0.2) is 25.0 Å². The lowest BCUT2D eigenvalue weighted by Gasteiger charge is -2.14. The molecule has 0 saturated heterocycles. The number of hydrogen-bond acceptors (Lipinski definition) is 4. The average Bonchev–Trinajstić information content (AvgIpc) is 3.09. The molecule has 0 aliphatic heterocycles. The minimum atomic E-state index is -3.95. The molecule has 2 N–H and O–H groups in total. The Hall–Kier alpha value is -2.14. The van der Waals surface area contributed by atoms with Gasteiger partial charge in [-0.15, -0.1) is 11.3 Å². The smallest absolute Gasteiger partial charge is 0.325 e. The van der Waals surface area contributed by atoms with Crippen molar-refractivity contribution in [1.29, 1.82) is 0 Å². The third-order valence-electron chi connectivity index (χ3n) is 4.27. The normalized spacial score (nSPS) is 22.0. The van der Waals surface area contributed by atoms with Crippen molar-refractivity contribution in [2.75, 3.05) is 0 Å². The van der Waals surface area contributed by atoms with E-state index in [2.05, 4.69) is 16.6 Å². The molecule has 1 aliphatic rings. The molecule has 0 amide bonds. The number of aliphatic carboxylic acids is 1. The van der Waals surface area contributed by atoms with E-state index in [4.69, 9.17) is 0 Å². The zero-order valence-corrected chi connectivity index (χ0v) is 16.9. The van der Waals surface area contributed by atoms with Gasteiger partial charge < -0.3 is 5.11 Å². The lowest BCUT2D eigenvalue weighted by Crippen LogP contribution is -2.44. The third-order valence-corrected chi connectivity index (χ3v) is 7.27. The largest absolute Gasteiger partial charge is 0.480 e. The molecule has 1 saturated carbocycles. The van der Waals surface area contributed by atoms with Crippen molar-refractivity contribution in [3.63, 3.8) is 0 Å². The van der Waals surface area contributed by atoms with E-state index in [1.807, 2.05) is 51.1 Å². The quantitative estimate of drug-likeness (QED) is 0.749. The zero-order chi connectivity index (χ0) is 19.9. The van der Waals surface area contributed by atoms with Gasteiger partial charge in [-0.25, -0.2) is 8.42 Å². The van der Waals surface area contributed by atoms with Gasteiger partial charge in [0.05, 0.1) is 4.88 Å². The minimum absolute atomic E-state index is 0.0695. The fraction of sp³-hybridized carbons (Fsp3) is 0.350. The summed E-state index contributed by atoms with van der Waals surface area (Å²) in [6, 6.07) is 12.2. The SMILES string of the molecule is CC(C)(C)C#Cc1ccc(S(=O)(=O)N[C@@]2(C(=O)O)C[C@@H]2c2ccccc2)s1. The summed E-state index contributed by atoms with van der Waals surface area (Å²) >= 11 is 1.04. The van der Waals surface area contributed by atoms with Gasteiger partial charge in [-0.3, -0.25) is 4.79 Å². The summed E-state index contributed by atoms with van der Waals surface area (Å²) in [6.07, 6.45) is 0.230. The van der Waals surface area contributed by atoms with Gasteiger partial charge in [-0.2, -0.15) is 4.72 Å². The van der Waals surface area contributed by atoms with Crippen LogP contribution in [0.25, 0.3) is 0 Å². The Balaban J connectivity index is 1.84. The van der Waals surface area contributed by atoms with Crippen LogP contribution in [0, 0.1) is 17.3 Å². The van der Waals surface area contributed by atoms with Crippen LogP contribution >= 0.6 is 11.3 Å². The molecule has 2 atom stereocenters. The predicted molar refractivity (Wildman–Crippen MR) is 105 cm³/mol. The zero-order valence-electron chi connectivity index (χ0n) is 15.3. The lowest BCUT2D eigenvalue weighted by molar-refractivity contribution is -0.140. The van der Waals surface area contributed by atoms with Crippen molar-refractivity contribution in [2.45, 2.75) is 42.9 Å². The number of thiophene rings is 1. The van der Waals surface area contributed by atoms with E-state index >= 15 is 0 Å². The number of benzene rings is 1. The highest BCUT2D eigenvalue weighted by Gasteiger charge is 2.63. The highest BCUT2D eigenvalue weighted by Crippen LogP contribution is 2.52. The monoisotopic (exact) mass is 403 g/mol. The molecule has 1 aromatic heterocycles. The topological polar surface area (TPSA) is 83.5 Å². The molecular weight excluding hydrogens is 382 g/mol. The van der Waals surface area contributed by atoms with E-state index in [0.29, 0.717) is 4.88 Å². The van der Waals surface area contributed by atoms with Crippen molar-refractivity contribution in [2.24, 2.45) is 5.41 Å². The first-order valence-corrected chi connectivity index (χ1v) is 10.8. The number of sulfonamides is 1. The van der Waals surface area contributed by atoms with Crippen LogP contribution in [0.2, 0.25) is 0 Å². The van der Waals surface area contributed by atoms with Gasteiger partial charge in [-0.1, -0.05) is 42.2 Å². The van der Waals surface area contributed by atoms with Crippen LogP contribution in [-0.2, 0) is 14.8 Å². The van der Waals surface area contributed by atoms with Gasteiger partial charge in [0.2, 0.25) is 0 Å². The fourth-order valence-corrected chi connectivity index (χ4v) is 5.38. The molecule has 5 nitrogen and oxygen atoms in total. The molecule has 1 heterocycles. The van der Waals surface area contributed by atoms with Crippen LogP contribution in [0.3, 0.4) is 0 Å². The van der Waals surface area contributed by atoms with Crippen molar-refractivity contribution in [3.05, 3.63) is 52.9 Å². The summed E-state index contributed by atoms with van der Waals surface area (Å²) in [4.78, 5) is 12.5. The summed E-state index contributed by atoms with van der Waals surface area (Å²) in [5.74, 6) is 4.49. The first-order chi connectivity index (χ1) is 12.5. The summed E-state index contributed by atoms with van der Waals surface area (Å²) in [5.41, 5.74) is -0.877. The Bertz CT molecular complexity index is 1020. The van der Waals surface area contributed by atoms with Gasteiger partial charge >= 0.3 is 5.97 Å². The standard InChI is InChI=1S/C20H21NO4S2/c1-19(2,3)12-11-15-9-10-17(26-15)27(24,25)21-20(18(22)23)13-16(20)14-7-5-4-6-8-14/h4-10,16,21H,13H2,1-3H3,(H,22,23)/t16-,20+/m1/s1.